The lowest BCUT2D eigenvalue weighted by Crippen LogP contribution is -2.29. The van der Waals surface area contributed by atoms with Crippen LogP contribution in [0.15, 0.2) is 175 Å². The molecular formula is C44H35N. The Balaban J connectivity index is 1.38. The van der Waals surface area contributed by atoms with Gasteiger partial charge in [0.05, 0.1) is 5.41 Å². The van der Waals surface area contributed by atoms with Crippen LogP contribution >= 0.6 is 0 Å². The quantitative estimate of drug-likeness (QED) is 0.190. The molecule has 0 fully saturated rings. The monoisotopic (exact) mass is 577 g/mol. The van der Waals surface area contributed by atoms with Crippen LogP contribution in [-0.4, -0.2) is 0 Å². The van der Waals surface area contributed by atoms with Gasteiger partial charge in [0, 0.05) is 17.1 Å². The van der Waals surface area contributed by atoms with E-state index in [-0.39, 0.29) is 0 Å². The first-order valence-electron chi connectivity index (χ1n) is 15.9. The molecule has 0 bridgehead atoms. The predicted molar refractivity (Wildman–Crippen MR) is 189 cm³/mol. The standard InChI is InChI=1S/C44H35N/c1-32-24-26-37(27-25-32)45(38-21-13-16-34(30-38)33-14-5-2-6-15-33)39-28-29-41-40-22-11-12-23-42(40)44(43(41)31-39,35-17-7-3-8-18-35)36-19-9-4-10-20-36/h2-10,12-21,23-31H,11,22H2,1H3. The topological polar surface area (TPSA) is 3.24 Å². The van der Waals surface area contributed by atoms with Crippen LogP contribution in [-0.2, 0) is 5.41 Å². The first-order valence-corrected chi connectivity index (χ1v) is 15.9. The van der Waals surface area contributed by atoms with E-state index in [0.717, 1.165) is 29.9 Å². The molecule has 6 aromatic carbocycles. The lowest BCUT2D eigenvalue weighted by Gasteiger charge is -2.36. The third kappa shape index (κ3) is 4.55. The minimum absolute atomic E-state index is 0.398. The summed E-state index contributed by atoms with van der Waals surface area (Å²) in [5.74, 6) is 0. The Kier molecular flexibility index (Phi) is 6.80. The van der Waals surface area contributed by atoms with Gasteiger partial charge in [-0.25, -0.2) is 0 Å². The van der Waals surface area contributed by atoms with Crippen LogP contribution in [0.1, 0.15) is 40.7 Å². The Bertz CT molecular complexity index is 1990. The summed E-state index contributed by atoms with van der Waals surface area (Å²) in [6, 6.07) is 57.9. The van der Waals surface area contributed by atoms with Crippen molar-refractivity contribution in [3.8, 4) is 11.1 Å². The molecule has 45 heavy (non-hydrogen) atoms. The Morgan fingerprint density at radius 3 is 1.82 bits per heavy atom. The number of allylic oxidation sites excluding steroid dienone is 4. The highest BCUT2D eigenvalue weighted by Crippen LogP contribution is 2.58. The number of nitrogens with zero attached hydrogens (tertiary/aromatic N) is 1. The van der Waals surface area contributed by atoms with Crippen molar-refractivity contribution < 1.29 is 0 Å². The predicted octanol–water partition coefficient (Wildman–Crippen LogP) is 11.6. The molecule has 0 heterocycles. The Hall–Kier alpha value is -5.40. The fourth-order valence-corrected chi connectivity index (χ4v) is 7.45. The van der Waals surface area contributed by atoms with Crippen molar-refractivity contribution in [2.45, 2.75) is 25.2 Å². The van der Waals surface area contributed by atoms with Gasteiger partial charge in [-0.1, -0.05) is 139 Å². The van der Waals surface area contributed by atoms with E-state index in [9.17, 15) is 0 Å². The van der Waals surface area contributed by atoms with Gasteiger partial charge in [0.15, 0.2) is 0 Å². The normalized spacial score (nSPS) is 14.6. The van der Waals surface area contributed by atoms with Crippen molar-refractivity contribution in [2.24, 2.45) is 0 Å². The molecule has 0 atom stereocenters. The number of hydrogen-bond acceptors (Lipinski definition) is 1. The van der Waals surface area contributed by atoms with Crippen LogP contribution in [0, 0.1) is 6.92 Å². The maximum absolute atomic E-state index is 2.47. The third-order valence-corrected chi connectivity index (χ3v) is 9.48. The zero-order chi connectivity index (χ0) is 30.2. The van der Waals surface area contributed by atoms with E-state index in [0.29, 0.717) is 0 Å². The number of fused-ring (bicyclic) bond motifs is 2. The fraction of sp³-hybridized carbons (Fsp3) is 0.0909. The number of benzene rings is 6. The van der Waals surface area contributed by atoms with E-state index < -0.39 is 5.41 Å². The smallest absolute Gasteiger partial charge is 0.0710 e. The van der Waals surface area contributed by atoms with E-state index in [2.05, 4.69) is 182 Å². The van der Waals surface area contributed by atoms with Gasteiger partial charge in [0.25, 0.3) is 0 Å². The first-order chi connectivity index (χ1) is 22.2. The number of hydrogen-bond donors (Lipinski definition) is 0. The summed E-state index contributed by atoms with van der Waals surface area (Å²) in [7, 11) is 0. The minimum atomic E-state index is -0.398. The highest BCUT2D eigenvalue weighted by atomic mass is 15.1. The first kappa shape index (κ1) is 27.2. The van der Waals surface area contributed by atoms with Crippen molar-refractivity contribution in [3.63, 3.8) is 0 Å². The number of anilines is 3. The van der Waals surface area contributed by atoms with Gasteiger partial charge in [0.1, 0.15) is 0 Å². The number of aryl methyl sites for hydroxylation is 1. The van der Waals surface area contributed by atoms with Gasteiger partial charge in [-0.15, -0.1) is 0 Å². The summed E-state index contributed by atoms with van der Waals surface area (Å²) in [5, 5.41) is 0. The number of rotatable bonds is 6. The largest absolute Gasteiger partial charge is 0.310 e. The molecule has 0 aliphatic heterocycles. The Morgan fingerprint density at radius 1 is 0.533 bits per heavy atom. The van der Waals surface area contributed by atoms with Gasteiger partial charge in [-0.3, -0.25) is 0 Å². The Labute approximate surface area is 266 Å². The second-order valence-corrected chi connectivity index (χ2v) is 12.1. The highest BCUT2D eigenvalue weighted by Gasteiger charge is 2.47. The molecule has 0 amide bonds. The summed E-state index contributed by atoms with van der Waals surface area (Å²) >= 11 is 0. The van der Waals surface area contributed by atoms with Crippen LogP contribution < -0.4 is 4.90 Å². The van der Waals surface area contributed by atoms with E-state index in [1.807, 2.05) is 0 Å². The average molecular weight is 578 g/mol. The third-order valence-electron chi connectivity index (χ3n) is 9.48. The second kappa shape index (κ2) is 11.3. The molecular weight excluding hydrogens is 542 g/mol. The van der Waals surface area contributed by atoms with Gasteiger partial charge in [-0.2, -0.15) is 0 Å². The molecule has 216 valence electrons. The summed E-state index contributed by atoms with van der Waals surface area (Å²) < 4.78 is 0. The summed E-state index contributed by atoms with van der Waals surface area (Å²) in [4.78, 5) is 2.42. The average Bonchev–Trinajstić information content (AvgIpc) is 3.41. The lowest BCUT2D eigenvalue weighted by atomic mass is 9.66. The van der Waals surface area contributed by atoms with Crippen LogP contribution in [0.4, 0.5) is 17.1 Å². The van der Waals surface area contributed by atoms with E-state index in [1.54, 1.807) is 0 Å². The SMILES string of the molecule is Cc1ccc(N(c2cccc(-c3ccccc3)c2)c2ccc3c(c2)C(c2ccccc2)(c2ccccc2)C2=C3CCC=C2)cc1. The maximum atomic E-state index is 2.47. The molecule has 0 saturated heterocycles. The van der Waals surface area contributed by atoms with E-state index in [1.165, 1.54) is 50.1 Å². The minimum Gasteiger partial charge on any atom is -0.310 e. The highest BCUT2D eigenvalue weighted by molar-refractivity contribution is 5.91. The van der Waals surface area contributed by atoms with Gasteiger partial charge in [-0.05, 0) is 101 Å². The van der Waals surface area contributed by atoms with E-state index >= 15 is 0 Å². The zero-order valence-electron chi connectivity index (χ0n) is 25.5. The summed E-state index contributed by atoms with van der Waals surface area (Å²) in [6.45, 7) is 2.15. The molecule has 0 saturated carbocycles. The molecule has 0 radical (unpaired) electrons. The van der Waals surface area contributed by atoms with Crippen LogP contribution in [0.25, 0.3) is 16.7 Å². The molecule has 1 nitrogen and oxygen atoms in total. The fourth-order valence-electron chi connectivity index (χ4n) is 7.45. The Morgan fingerprint density at radius 2 is 1.13 bits per heavy atom. The molecule has 2 aliphatic carbocycles. The van der Waals surface area contributed by atoms with Crippen molar-refractivity contribution >= 4 is 22.6 Å². The van der Waals surface area contributed by atoms with Crippen molar-refractivity contribution in [2.75, 3.05) is 4.90 Å². The van der Waals surface area contributed by atoms with Gasteiger partial charge < -0.3 is 4.90 Å². The summed E-state index contributed by atoms with van der Waals surface area (Å²) in [5.41, 5.74) is 14.9. The summed E-state index contributed by atoms with van der Waals surface area (Å²) in [6.07, 6.45) is 6.89. The van der Waals surface area contributed by atoms with Crippen molar-refractivity contribution in [1.29, 1.82) is 0 Å². The molecule has 0 aromatic heterocycles. The second-order valence-electron chi connectivity index (χ2n) is 12.1. The lowest BCUT2D eigenvalue weighted by molar-refractivity contribution is 0.756. The molecule has 6 aromatic rings. The molecule has 0 spiro atoms. The molecule has 0 N–H and O–H groups in total. The molecule has 2 aliphatic rings. The van der Waals surface area contributed by atoms with Crippen LogP contribution in [0.5, 0.6) is 0 Å². The van der Waals surface area contributed by atoms with Crippen molar-refractivity contribution in [1.82, 2.24) is 0 Å². The zero-order valence-corrected chi connectivity index (χ0v) is 25.5. The van der Waals surface area contributed by atoms with Gasteiger partial charge in [0.2, 0.25) is 0 Å². The van der Waals surface area contributed by atoms with Crippen LogP contribution in [0.3, 0.4) is 0 Å². The molecule has 8 rings (SSSR count). The van der Waals surface area contributed by atoms with Gasteiger partial charge >= 0.3 is 0 Å². The van der Waals surface area contributed by atoms with Crippen molar-refractivity contribution in [3.05, 3.63) is 203 Å². The van der Waals surface area contributed by atoms with Crippen LogP contribution in [0.2, 0.25) is 0 Å². The molecule has 0 unspecified atom stereocenters. The maximum Gasteiger partial charge on any atom is 0.0710 e. The molecule has 1 heteroatoms. The van der Waals surface area contributed by atoms with E-state index in [4.69, 9.17) is 0 Å².